The largest absolute Gasteiger partial charge is 0.0622 e. The van der Waals surface area contributed by atoms with E-state index in [1.54, 1.807) is 6.42 Å². The minimum Gasteiger partial charge on any atom is -0.0622 e. The summed E-state index contributed by atoms with van der Waals surface area (Å²) in [7, 11) is 0. The Morgan fingerprint density at radius 3 is 2.00 bits per heavy atom. The fourth-order valence-electron chi connectivity index (χ4n) is 3.05. The van der Waals surface area contributed by atoms with E-state index in [4.69, 9.17) is 0 Å². The molecule has 0 spiro atoms. The Morgan fingerprint density at radius 2 is 1.60 bits per heavy atom. The molecule has 0 nitrogen and oxygen atoms in total. The van der Waals surface area contributed by atoms with Gasteiger partial charge in [-0.1, -0.05) is 20.8 Å². The van der Waals surface area contributed by atoms with Gasteiger partial charge in [0, 0.05) is 0 Å². The molecule has 0 saturated heterocycles. The summed E-state index contributed by atoms with van der Waals surface area (Å²) in [5.74, 6) is 5.29. The Morgan fingerprint density at radius 1 is 0.900 bits per heavy atom. The zero-order chi connectivity index (χ0) is 7.30. The van der Waals surface area contributed by atoms with E-state index in [0.717, 1.165) is 29.6 Å². The van der Waals surface area contributed by atoms with Gasteiger partial charge in [0.25, 0.3) is 0 Å². The first kappa shape index (κ1) is 6.69. The fraction of sp³-hybridized carbons (Fsp3) is 1.00. The smallest absolute Gasteiger partial charge is 0.0355 e. The van der Waals surface area contributed by atoms with Gasteiger partial charge in [-0.05, 0) is 42.4 Å². The summed E-state index contributed by atoms with van der Waals surface area (Å²) in [6, 6.07) is 0. The topological polar surface area (TPSA) is 0 Å². The second-order valence-electron chi connectivity index (χ2n) is 4.59. The first-order chi connectivity index (χ1) is 4.70. The quantitative estimate of drug-likeness (QED) is 0.483. The molecule has 0 aromatic carbocycles. The van der Waals surface area contributed by atoms with Gasteiger partial charge in [0.15, 0.2) is 0 Å². The molecule has 0 aromatic heterocycles. The van der Waals surface area contributed by atoms with Gasteiger partial charge in [-0.25, -0.2) is 0 Å². The first-order valence-corrected chi connectivity index (χ1v) is 4.70. The first-order valence-electron chi connectivity index (χ1n) is 4.70. The molecule has 0 amide bonds. The number of fused-ring (bicyclic) bond motifs is 2. The van der Waals surface area contributed by atoms with Crippen LogP contribution in [0.1, 0.15) is 33.6 Å². The van der Waals surface area contributed by atoms with Crippen molar-refractivity contribution in [3.63, 3.8) is 0 Å². The van der Waals surface area contributed by atoms with E-state index in [-0.39, 0.29) is 0 Å². The van der Waals surface area contributed by atoms with Crippen LogP contribution in [0.4, 0.5) is 0 Å². The molecule has 3 aliphatic carbocycles. The Kier molecular flexibility index (Phi) is 1.33. The third-order valence-corrected chi connectivity index (χ3v) is 4.24. The minimum absolute atomic E-state index is 1.01. The summed E-state index contributed by atoms with van der Waals surface area (Å²) in [4.78, 5) is 0. The van der Waals surface area contributed by atoms with Gasteiger partial charge in [-0.2, -0.15) is 0 Å². The summed E-state index contributed by atoms with van der Waals surface area (Å²) in [6.07, 6.45) is 3.06. The highest BCUT2D eigenvalue weighted by Crippen LogP contribution is 2.55. The summed E-state index contributed by atoms with van der Waals surface area (Å²) in [5, 5.41) is 0. The van der Waals surface area contributed by atoms with E-state index in [1.165, 1.54) is 6.42 Å². The summed E-state index contributed by atoms with van der Waals surface area (Å²) < 4.78 is 0. The third-order valence-electron chi connectivity index (χ3n) is 4.24. The average molecular weight is 138 g/mol. The third kappa shape index (κ3) is 0.681. The summed E-state index contributed by atoms with van der Waals surface area (Å²) in [6.45, 7) is 7.32. The lowest BCUT2D eigenvalue weighted by molar-refractivity contribution is -0.0500. The van der Waals surface area contributed by atoms with Crippen LogP contribution >= 0.6 is 0 Å². The van der Waals surface area contributed by atoms with Gasteiger partial charge in [0.2, 0.25) is 0 Å². The second-order valence-corrected chi connectivity index (χ2v) is 4.59. The van der Waals surface area contributed by atoms with E-state index in [1.807, 2.05) is 0 Å². The van der Waals surface area contributed by atoms with Crippen LogP contribution in [0, 0.1) is 29.6 Å². The highest BCUT2D eigenvalue weighted by molar-refractivity contribution is 4.96. The van der Waals surface area contributed by atoms with Crippen LogP contribution < -0.4 is 0 Å². The van der Waals surface area contributed by atoms with Crippen LogP contribution in [0.3, 0.4) is 0 Å². The molecule has 5 unspecified atom stereocenters. The lowest BCUT2D eigenvalue weighted by atomic mass is 9.51. The predicted molar refractivity (Wildman–Crippen MR) is 43.7 cm³/mol. The molecule has 10 heavy (non-hydrogen) atoms. The van der Waals surface area contributed by atoms with Crippen molar-refractivity contribution in [1.82, 2.24) is 0 Å². The Balaban J connectivity index is 2.08. The minimum atomic E-state index is 1.01. The molecule has 3 fully saturated rings. The van der Waals surface area contributed by atoms with Gasteiger partial charge in [0.05, 0.1) is 0 Å². The van der Waals surface area contributed by atoms with Gasteiger partial charge in [-0.3, -0.25) is 0 Å². The van der Waals surface area contributed by atoms with Crippen LogP contribution in [0.15, 0.2) is 0 Å². The van der Waals surface area contributed by atoms with E-state index in [9.17, 15) is 0 Å². The Hall–Kier alpha value is 0. The van der Waals surface area contributed by atoms with E-state index < -0.39 is 0 Å². The van der Waals surface area contributed by atoms with Crippen LogP contribution in [-0.2, 0) is 0 Å². The zero-order valence-corrected chi connectivity index (χ0v) is 7.30. The standard InChI is InChI=1S/C10H18/c1-6-4-9-5-10(7(6)2)8(9)3/h6-10H,4-5H2,1-3H3. The van der Waals surface area contributed by atoms with Crippen LogP contribution in [0.25, 0.3) is 0 Å². The maximum absolute atomic E-state index is 2.45. The monoisotopic (exact) mass is 138 g/mol. The number of hydrogen-bond donors (Lipinski definition) is 0. The lowest BCUT2D eigenvalue weighted by Gasteiger charge is -2.54. The van der Waals surface area contributed by atoms with Gasteiger partial charge < -0.3 is 0 Å². The summed E-state index contributed by atoms with van der Waals surface area (Å²) in [5.41, 5.74) is 0. The van der Waals surface area contributed by atoms with Crippen LogP contribution in [0.5, 0.6) is 0 Å². The molecule has 0 radical (unpaired) electrons. The fourth-order valence-corrected chi connectivity index (χ4v) is 3.05. The predicted octanol–water partition coefficient (Wildman–Crippen LogP) is 2.93. The molecule has 0 aromatic rings. The zero-order valence-electron chi connectivity index (χ0n) is 7.30. The van der Waals surface area contributed by atoms with Crippen molar-refractivity contribution >= 4 is 0 Å². The van der Waals surface area contributed by atoms with Crippen molar-refractivity contribution in [2.45, 2.75) is 33.6 Å². The maximum atomic E-state index is 2.45. The Bertz CT molecular complexity index is 135. The molecule has 2 bridgehead atoms. The molecule has 3 rings (SSSR count). The molecule has 0 heteroatoms. The van der Waals surface area contributed by atoms with E-state index in [0.29, 0.717) is 0 Å². The molecule has 0 heterocycles. The number of rotatable bonds is 0. The van der Waals surface area contributed by atoms with Gasteiger partial charge >= 0.3 is 0 Å². The van der Waals surface area contributed by atoms with E-state index >= 15 is 0 Å². The molecule has 3 saturated carbocycles. The SMILES string of the molecule is CC1CC2CC(C1C)C2C. The molecule has 0 aliphatic heterocycles. The van der Waals surface area contributed by atoms with Crippen molar-refractivity contribution < 1.29 is 0 Å². The van der Waals surface area contributed by atoms with Crippen LogP contribution in [-0.4, -0.2) is 0 Å². The molecule has 58 valence electrons. The van der Waals surface area contributed by atoms with Gasteiger partial charge in [-0.15, -0.1) is 0 Å². The van der Waals surface area contributed by atoms with Crippen molar-refractivity contribution in [3.05, 3.63) is 0 Å². The highest BCUT2D eigenvalue weighted by atomic mass is 14.5. The molecular formula is C10H18. The number of hydrogen-bond acceptors (Lipinski definition) is 0. The van der Waals surface area contributed by atoms with Crippen molar-refractivity contribution in [1.29, 1.82) is 0 Å². The average Bonchev–Trinajstić information content (AvgIpc) is 1.92. The molecule has 3 aliphatic rings. The van der Waals surface area contributed by atoms with Crippen molar-refractivity contribution in [3.8, 4) is 0 Å². The van der Waals surface area contributed by atoms with Gasteiger partial charge in [0.1, 0.15) is 0 Å². The molecule has 0 N–H and O–H groups in total. The normalized spacial score (nSPS) is 59.7. The van der Waals surface area contributed by atoms with E-state index in [2.05, 4.69) is 20.8 Å². The Labute approximate surface area is 64.0 Å². The molecule has 5 atom stereocenters. The van der Waals surface area contributed by atoms with Crippen LogP contribution in [0.2, 0.25) is 0 Å². The second kappa shape index (κ2) is 1.99. The van der Waals surface area contributed by atoms with Crippen molar-refractivity contribution in [2.75, 3.05) is 0 Å². The summed E-state index contributed by atoms with van der Waals surface area (Å²) >= 11 is 0. The maximum Gasteiger partial charge on any atom is -0.0355 e. The molecular weight excluding hydrogens is 120 g/mol. The van der Waals surface area contributed by atoms with Crippen molar-refractivity contribution in [2.24, 2.45) is 29.6 Å². The highest BCUT2D eigenvalue weighted by Gasteiger charge is 2.47. The lowest BCUT2D eigenvalue weighted by Crippen LogP contribution is -2.46.